The van der Waals surface area contributed by atoms with E-state index in [9.17, 15) is 9.50 Å². The van der Waals surface area contributed by atoms with Gasteiger partial charge in [0, 0.05) is 12.1 Å². The zero-order chi connectivity index (χ0) is 16.9. The highest BCUT2D eigenvalue weighted by molar-refractivity contribution is 7.98. The fourth-order valence-electron chi connectivity index (χ4n) is 2.15. The average Bonchev–Trinajstić information content (AvgIpc) is 3.21. The van der Waals surface area contributed by atoms with E-state index in [0.717, 1.165) is 13.0 Å². The maximum atomic E-state index is 12.9. The highest BCUT2D eigenvalue weighted by Gasteiger charge is 2.14. The summed E-state index contributed by atoms with van der Waals surface area (Å²) in [5, 5.41) is 21.9. The van der Waals surface area contributed by atoms with Gasteiger partial charge >= 0.3 is 0 Å². The van der Waals surface area contributed by atoms with Gasteiger partial charge in [0.1, 0.15) is 12.4 Å². The smallest absolute Gasteiger partial charge is 0.237 e. The Labute approximate surface area is 141 Å². The number of hydrogen-bond donors (Lipinski definition) is 1. The summed E-state index contributed by atoms with van der Waals surface area (Å²) in [4.78, 5) is 4.30. The largest absolute Gasteiger partial charge is 0.388 e. The minimum Gasteiger partial charge on any atom is -0.388 e. The highest BCUT2D eigenvalue weighted by atomic mass is 32.2. The molecular weight excluding hydrogens is 333 g/mol. The van der Waals surface area contributed by atoms with Crippen LogP contribution in [0.3, 0.4) is 0 Å². The van der Waals surface area contributed by atoms with Gasteiger partial charge in [-0.2, -0.15) is 4.98 Å². The standard InChI is InChI=1S/C15H16FN5O2S/c1-2-7-21-12(8-22)18-19-15(21)24-9-13-17-14(20-23-13)10-3-5-11(16)6-4-10/h3-6,22H,2,7-9H2,1H3. The monoisotopic (exact) mass is 349 g/mol. The van der Waals surface area contributed by atoms with Crippen molar-refractivity contribution in [2.24, 2.45) is 0 Å². The summed E-state index contributed by atoms with van der Waals surface area (Å²) in [6.45, 7) is 2.63. The van der Waals surface area contributed by atoms with Crippen LogP contribution in [0.15, 0.2) is 33.9 Å². The first-order valence-electron chi connectivity index (χ1n) is 7.45. The molecule has 126 valence electrons. The van der Waals surface area contributed by atoms with Gasteiger partial charge in [0.2, 0.25) is 11.7 Å². The summed E-state index contributed by atoms with van der Waals surface area (Å²) in [7, 11) is 0. The molecule has 0 saturated carbocycles. The second kappa shape index (κ2) is 7.54. The molecule has 1 N–H and O–H groups in total. The molecule has 0 spiro atoms. The molecule has 0 amide bonds. The van der Waals surface area contributed by atoms with Crippen LogP contribution in [0, 0.1) is 5.82 Å². The van der Waals surface area contributed by atoms with Gasteiger partial charge in [-0.3, -0.25) is 0 Å². The van der Waals surface area contributed by atoms with Crippen LogP contribution in [0.2, 0.25) is 0 Å². The van der Waals surface area contributed by atoms with E-state index in [4.69, 9.17) is 4.52 Å². The van der Waals surface area contributed by atoms with E-state index in [1.165, 1.54) is 23.9 Å². The van der Waals surface area contributed by atoms with Gasteiger partial charge in [-0.25, -0.2) is 4.39 Å². The first-order valence-corrected chi connectivity index (χ1v) is 8.44. The van der Waals surface area contributed by atoms with Crippen LogP contribution < -0.4 is 0 Å². The molecule has 0 bridgehead atoms. The fourth-order valence-corrected chi connectivity index (χ4v) is 2.97. The second-order valence-corrected chi connectivity index (χ2v) is 5.96. The Bertz CT molecular complexity index is 803. The van der Waals surface area contributed by atoms with Gasteiger partial charge < -0.3 is 14.2 Å². The van der Waals surface area contributed by atoms with Crippen molar-refractivity contribution >= 4 is 11.8 Å². The van der Waals surface area contributed by atoms with Crippen LogP contribution in [0.5, 0.6) is 0 Å². The number of nitrogens with zero attached hydrogens (tertiary/aromatic N) is 5. The Kier molecular flexibility index (Phi) is 5.21. The summed E-state index contributed by atoms with van der Waals surface area (Å²) in [6, 6.07) is 5.90. The molecule has 7 nitrogen and oxygen atoms in total. The van der Waals surface area contributed by atoms with Gasteiger partial charge in [-0.05, 0) is 30.7 Å². The van der Waals surface area contributed by atoms with Gasteiger partial charge in [-0.15, -0.1) is 10.2 Å². The zero-order valence-corrected chi connectivity index (χ0v) is 13.8. The molecule has 9 heteroatoms. The maximum absolute atomic E-state index is 12.9. The van der Waals surface area contributed by atoms with Gasteiger partial charge in [0.15, 0.2) is 11.0 Å². The van der Waals surface area contributed by atoms with Crippen LogP contribution in [0.25, 0.3) is 11.4 Å². The van der Waals surface area contributed by atoms with Crippen LogP contribution >= 0.6 is 11.8 Å². The fraction of sp³-hybridized carbons (Fsp3) is 0.333. The first-order chi connectivity index (χ1) is 11.7. The molecular formula is C15H16FN5O2S. The van der Waals surface area contributed by atoms with E-state index in [2.05, 4.69) is 20.3 Å². The van der Waals surface area contributed by atoms with Crippen molar-refractivity contribution in [2.75, 3.05) is 0 Å². The number of aliphatic hydroxyl groups is 1. The molecule has 2 heterocycles. The summed E-state index contributed by atoms with van der Waals surface area (Å²) in [5.74, 6) is 1.51. The maximum Gasteiger partial charge on any atom is 0.237 e. The van der Waals surface area contributed by atoms with Crippen LogP contribution in [-0.4, -0.2) is 30.0 Å². The van der Waals surface area contributed by atoms with Crippen molar-refractivity contribution in [1.29, 1.82) is 0 Å². The molecule has 3 rings (SSSR count). The number of aromatic nitrogens is 5. The Morgan fingerprint density at radius 2 is 2.04 bits per heavy atom. The molecule has 0 aliphatic carbocycles. The predicted molar refractivity (Wildman–Crippen MR) is 85.5 cm³/mol. The molecule has 0 radical (unpaired) electrons. The molecule has 1 aromatic carbocycles. The molecule has 2 aromatic heterocycles. The van der Waals surface area contributed by atoms with Crippen molar-refractivity contribution < 1.29 is 14.0 Å². The summed E-state index contributed by atoms with van der Waals surface area (Å²) < 4.78 is 20.0. The van der Waals surface area contributed by atoms with Crippen molar-refractivity contribution in [2.45, 2.75) is 37.4 Å². The van der Waals surface area contributed by atoms with Crippen molar-refractivity contribution in [1.82, 2.24) is 24.9 Å². The van der Waals surface area contributed by atoms with Crippen molar-refractivity contribution in [3.05, 3.63) is 41.8 Å². The second-order valence-electron chi connectivity index (χ2n) is 5.02. The minimum atomic E-state index is -0.312. The molecule has 0 aliphatic rings. The third-order valence-electron chi connectivity index (χ3n) is 3.28. The normalized spacial score (nSPS) is 11.1. The summed E-state index contributed by atoms with van der Waals surface area (Å²) in [5.41, 5.74) is 0.688. The average molecular weight is 349 g/mol. The number of benzene rings is 1. The van der Waals surface area contributed by atoms with E-state index in [1.807, 2.05) is 11.5 Å². The Hall–Kier alpha value is -2.26. The van der Waals surface area contributed by atoms with Gasteiger partial charge in [-0.1, -0.05) is 23.8 Å². The number of halogens is 1. The number of rotatable bonds is 7. The lowest BCUT2D eigenvalue weighted by Gasteiger charge is -2.05. The molecule has 3 aromatic rings. The molecule has 0 fully saturated rings. The minimum absolute atomic E-state index is 0.150. The number of thioether (sulfide) groups is 1. The summed E-state index contributed by atoms with van der Waals surface area (Å²) in [6.07, 6.45) is 0.911. The van der Waals surface area contributed by atoms with E-state index in [-0.39, 0.29) is 12.4 Å². The number of aliphatic hydroxyl groups excluding tert-OH is 1. The summed E-state index contributed by atoms with van der Waals surface area (Å²) >= 11 is 1.41. The van der Waals surface area contributed by atoms with Gasteiger partial charge in [0.25, 0.3) is 0 Å². The third-order valence-corrected chi connectivity index (χ3v) is 4.23. The quantitative estimate of drug-likeness (QED) is 0.656. The molecule has 0 atom stereocenters. The highest BCUT2D eigenvalue weighted by Crippen LogP contribution is 2.23. The molecule has 0 saturated heterocycles. The van der Waals surface area contributed by atoms with Crippen LogP contribution in [0.4, 0.5) is 4.39 Å². The van der Waals surface area contributed by atoms with E-state index < -0.39 is 0 Å². The van der Waals surface area contributed by atoms with Gasteiger partial charge in [0.05, 0.1) is 5.75 Å². The molecule has 0 aliphatic heterocycles. The Morgan fingerprint density at radius 3 is 2.75 bits per heavy atom. The topological polar surface area (TPSA) is 89.9 Å². The van der Waals surface area contributed by atoms with E-state index >= 15 is 0 Å². The molecule has 24 heavy (non-hydrogen) atoms. The predicted octanol–water partition coefficient (Wildman–Crippen LogP) is 2.66. The molecule has 0 unspecified atom stereocenters. The lowest BCUT2D eigenvalue weighted by molar-refractivity contribution is 0.263. The SMILES string of the molecule is CCCn1c(CO)nnc1SCc1nc(-c2ccc(F)cc2)no1. The Morgan fingerprint density at radius 1 is 1.25 bits per heavy atom. The van der Waals surface area contributed by atoms with Crippen molar-refractivity contribution in [3.63, 3.8) is 0 Å². The van der Waals surface area contributed by atoms with Crippen LogP contribution in [-0.2, 0) is 18.9 Å². The first kappa shape index (κ1) is 16.6. The van der Waals surface area contributed by atoms with Crippen molar-refractivity contribution in [3.8, 4) is 11.4 Å². The van der Waals surface area contributed by atoms with E-state index in [1.54, 1.807) is 12.1 Å². The van der Waals surface area contributed by atoms with E-state index in [0.29, 0.717) is 34.0 Å². The lowest BCUT2D eigenvalue weighted by Crippen LogP contribution is -2.04. The third kappa shape index (κ3) is 3.62. The number of hydrogen-bond acceptors (Lipinski definition) is 7. The lowest BCUT2D eigenvalue weighted by atomic mass is 10.2. The Balaban J connectivity index is 1.70. The zero-order valence-electron chi connectivity index (χ0n) is 13.0. The van der Waals surface area contributed by atoms with Crippen LogP contribution in [0.1, 0.15) is 25.1 Å².